The van der Waals surface area contributed by atoms with E-state index in [9.17, 15) is 12.8 Å². The fourth-order valence-corrected chi connectivity index (χ4v) is 3.51. The van der Waals surface area contributed by atoms with Gasteiger partial charge in [0.05, 0.1) is 11.1 Å². The van der Waals surface area contributed by atoms with Gasteiger partial charge >= 0.3 is 0 Å². The lowest BCUT2D eigenvalue weighted by Gasteiger charge is -2.27. The summed E-state index contributed by atoms with van der Waals surface area (Å²) in [6, 6.07) is 4.07. The average Bonchev–Trinajstić information content (AvgIpc) is 2.73. The minimum atomic E-state index is -3.53. The molecule has 0 aliphatic carbocycles. The van der Waals surface area contributed by atoms with E-state index in [4.69, 9.17) is 11.6 Å². The molecule has 2 atom stereocenters. The van der Waals surface area contributed by atoms with Crippen LogP contribution in [-0.2, 0) is 10.2 Å². The molecule has 1 aliphatic rings. The Balaban J connectivity index is 2.29. The quantitative estimate of drug-likeness (QED) is 0.909. The number of hydrogen-bond acceptors (Lipinski definition) is 3. The summed E-state index contributed by atoms with van der Waals surface area (Å²) in [5, 5.41) is 0.0600. The van der Waals surface area contributed by atoms with E-state index >= 15 is 0 Å². The molecule has 1 aromatic rings. The van der Waals surface area contributed by atoms with Gasteiger partial charge in [-0.1, -0.05) is 17.7 Å². The van der Waals surface area contributed by atoms with Crippen molar-refractivity contribution in [3.63, 3.8) is 0 Å². The van der Waals surface area contributed by atoms with Crippen molar-refractivity contribution in [1.29, 1.82) is 0 Å². The topological polar surface area (TPSA) is 52.7 Å². The number of nitrogens with zero attached hydrogens (tertiary/aromatic N) is 2. The summed E-state index contributed by atoms with van der Waals surface area (Å²) in [4.78, 5) is 2.01. The normalized spacial score (nSPS) is 23.9. The molecule has 8 heteroatoms. The molecule has 0 aromatic heterocycles. The lowest BCUT2D eigenvalue weighted by molar-refractivity contribution is 0.296. The fourth-order valence-electron chi connectivity index (χ4n) is 2.55. The maximum absolute atomic E-state index is 13.7. The van der Waals surface area contributed by atoms with Gasteiger partial charge in [-0.05, 0) is 31.2 Å². The van der Waals surface area contributed by atoms with E-state index in [-0.39, 0.29) is 17.1 Å². The predicted octanol–water partition coefficient (Wildman–Crippen LogP) is 1.62. The van der Waals surface area contributed by atoms with Crippen LogP contribution in [0.5, 0.6) is 0 Å². The van der Waals surface area contributed by atoms with Gasteiger partial charge in [0.25, 0.3) is 10.2 Å². The van der Waals surface area contributed by atoms with Crippen LogP contribution in [0.15, 0.2) is 18.2 Å². The number of likely N-dealkylation sites (N-methyl/N-ethyl adjacent to an activating group) is 1. The summed E-state index contributed by atoms with van der Waals surface area (Å²) in [6.07, 6.45) is 0.665. The van der Waals surface area contributed by atoms with Gasteiger partial charge in [-0.3, -0.25) is 4.90 Å². The second-order valence-electron chi connectivity index (χ2n) is 5.40. The third kappa shape index (κ3) is 3.54. The summed E-state index contributed by atoms with van der Waals surface area (Å²) in [7, 11) is 1.30. The van der Waals surface area contributed by atoms with Crippen LogP contribution in [-0.4, -0.2) is 51.4 Å². The molecular formula is C13H19ClFN3O2S. The van der Waals surface area contributed by atoms with Gasteiger partial charge in [0.15, 0.2) is 0 Å². The van der Waals surface area contributed by atoms with Crippen molar-refractivity contribution in [3.8, 4) is 0 Å². The zero-order valence-electron chi connectivity index (χ0n) is 12.2. The second-order valence-corrected chi connectivity index (χ2v) is 7.72. The third-order valence-electron chi connectivity index (χ3n) is 3.72. The van der Waals surface area contributed by atoms with Crippen LogP contribution in [0.4, 0.5) is 4.39 Å². The Hall–Kier alpha value is -0.730. The van der Waals surface area contributed by atoms with Gasteiger partial charge < -0.3 is 0 Å². The number of likely N-dealkylation sites (tertiary alicyclic amines) is 1. The van der Waals surface area contributed by atoms with Gasteiger partial charge in [0, 0.05) is 26.7 Å². The van der Waals surface area contributed by atoms with Crippen molar-refractivity contribution in [3.05, 3.63) is 34.6 Å². The molecule has 2 rings (SSSR count). The minimum Gasteiger partial charge on any atom is -0.298 e. The Morgan fingerprint density at radius 1 is 1.43 bits per heavy atom. The first-order valence-corrected chi connectivity index (χ1v) is 8.39. The zero-order valence-corrected chi connectivity index (χ0v) is 13.7. The van der Waals surface area contributed by atoms with E-state index in [1.807, 2.05) is 11.9 Å². The number of nitrogens with one attached hydrogen (secondary N) is 1. The molecule has 1 saturated heterocycles. The highest BCUT2D eigenvalue weighted by Gasteiger charge is 2.36. The van der Waals surface area contributed by atoms with E-state index in [1.165, 1.54) is 26.2 Å². The van der Waals surface area contributed by atoms with Crippen LogP contribution < -0.4 is 4.72 Å². The van der Waals surface area contributed by atoms with Crippen molar-refractivity contribution in [1.82, 2.24) is 13.9 Å². The van der Waals surface area contributed by atoms with Crippen molar-refractivity contribution < 1.29 is 12.8 Å². The Labute approximate surface area is 129 Å². The van der Waals surface area contributed by atoms with Crippen LogP contribution in [0.2, 0.25) is 5.02 Å². The van der Waals surface area contributed by atoms with Gasteiger partial charge in [0.2, 0.25) is 0 Å². The monoisotopic (exact) mass is 335 g/mol. The highest BCUT2D eigenvalue weighted by molar-refractivity contribution is 7.87. The molecule has 1 heterocycles. The van der Waals surface area contributed by atoms with Crippen molar-refractivity contribution >= 4 is 21.8 Å². The molecule has 21 heavy (non-hydrogen) atoms. The molecule has 0 bridgehead atoms. The fraction of sp³-hybridized carbons (Fsp3) is 0.538. The van der Waals surface area contributed by atoms with Crippen LogP contribution in [0.3, 0.4) is 0 Å². The lowest BCUT2D eigenvalue weighted by Crippen LogP contribution is -2.44. The maximum Gasteiger partial charge on any atom is 0.279 e. The first-order chi connectivity index (χ1) is 9.72. The Kier molecular flexibility index (Phi) is 4.89. The molecule has 0 radical (unpaired) electrons. The van der Waals surface area contributed by atoms with Crippen LogP contribution in [0.1, 0.15) is 18.0 Å². The van der Waals surface area contributed by atoms with Crippen molar-refractivity contribution in [2.24, 2.45) is 0 Å². The summed E-state index contributed by atoms with van der Waals surface area (Å²) in [5.74, 6) is -0.497. The summed E-state index contributed by atoms with van der Waals surface area (Å²) in [6.45, 7) is 0.732. The molecule has 1 N–H and O–H groups in total. The smallest absolute Gasteiger partial charge is 0.279 e. The average molecular weight is 336 g/mol. The Morgan fingerprint density at radius 3 is 2.67 bits per heavy atom. The minimum absolute atomic E-state index is 0.0600. The third-order valence-corrected chi connectivity index (χ3v) is 5.58. The zero-order chi connectivity index (χ0) is 15.8. The lowest BCUT2D eigenvalue weighted by atomic mass is 10.0. The molecular weight excluding hydrogens is 317 g/mol. The summed E-state index contributed by atoms with van der Waals surface area (Å²) < 4.78 is 41.4. The van der Waals surface area contributed by atoms with Gasteiger partial charge in [-0.25, -0.2) is 4.39 Å². The number of halogens is 2. The van der Waals surface area contributed by atoms with Crippen LogP contribution in [0.25, 0.3) is 0 Å². The first kappa shape index (κ1) is 16.6. The number of benzene rings is 1. The second kappa shape index (κ2) is 6.18. The Bertz CT molecular complexity index is 624. The summed E-state index contributed by atoms with van der Waals surface area (Å²) in [5.41, 5.74) is 0.711. The molecule has 0 spiro atoms. The van der Waals surface area contributed by atoms with E-state index in [0.29, 0.717) is 12.0 Å². The molecule has 5 nitrogen and oxygen atoms in total. The van der Waals surface area contributed by atoms with Gasteiger partial charge in [0.1, 0.15) is 5.82 Å². The van der Waals surface area contributed by atoms with E-state index in [0.717, 1.165) is 10.8 Å². The van der Waals surface area contributed by atoms with Gasteiger partial charge in [-0.15, -0.1) is 0 Å². The van der Waals surface area contributed by atoms with Crippen molar-refractivity contribution in [2.75, 3.05) is 27.7 Å². The van der Waals surface area contributed by atoms with E-state index in [1.54, 1.807) is 6.07 Å². The SMILES string of the molecule is CN1CC[C@H](NS(=O)(=O)N(C)C)[C@@H]1c1ccc(Cl)c(F)c1. The first-order valence-electron chi connectivity index (χ1n) is 6.57. The molecule has 0 amide bonds. The number of rotatable bonds is 4. The molecule has 0 unspecified atom stereocenters. The Morgan fingerprint density at radius 2 is 2.10 bits per heavy atom. The summed E-state index contributed by atoms with van der Waals surface area (Å²) >= 11 is 5.70. The van der Waals surface area contributed by atoms with Gasteiger partial charge in [-0.2, -0.15) is 17.4 Å². The molecule has 0 saturated carbocycles. The van der Waals surface area contributed by atoms with Crippen LogP contribution >= 0.6 is 11.6 Å². The molecule has 1 aromatic carbocycles. The highest BCUT2D eigenvalue weighted by atomic mass is 35.5. The standard InChI is InChI=1S/C13H19ClFN3O2S/c1-17(2)21(19,20)16-12-6-7-18(3)13(12)9-4-5-10(14)11(15)8-9/h4-5,8,12-13,16H,6-7H2,1-3H3/t12-,13-/m0/s1. The molecule has 118 valence electrons. The van der Waals surface area contributed by atoms with E-state index < -0.39 is 16.0 Å². The maximum atomic E-state index is 13.7. The molecule has 1 aliphatic heterocycles. The highest BCUT2D eigenvalue weighted by Crippen LogP contribution is 2.33. The van der Waals surface area contributed by atoms with Crippen molar-refractivity contribution in [2.45, 2.75) is 18.5 Å². The number of hydrogen-bond donors (Lipinski definition) is 1. The molecule has 1 fully saturated rings. The van der Waals surface area contributed by atoms with E-state index in [2.05, 4.69) is 4.72 Å². The largest absolute Gasteiger partial charge is 0.298 e. The predicted molar refractivity (Wildman–Crippen MR) is 80.9 cm³/mol. The van der Waals surface area contributed by atoms with Crippen LogP contribution in [0, 0.1) is 5.82 Å².